The van der Waals surface area contributed by atoms with Crippen LogP contribution in [0.5, 0.6) is 0 Å². The first kappa shape index (κ1) is 15.0. The molecule has 1 aromatic rings. The lowest BCUT2D eigenvalue weighted by molar-refractivity contribution is 0.543. The lowest BCUT2D eigenvalue weighted by Crippen LogP contribution is -2.29. The van der Waals surface area contributed by atoms with Crippen LogP contribution in [-0.2, 0) is 6.54 Å². The van der Waals surface area contributed by atoms with Crippen LogP contribution in [0, 0.1) is 11.7 Å². The maximum absolute atomic E-state index is 13.9. The van der Waals surface area contributed by atoms with Gasteiger partial charge in [-0.2, -0.15) is 0 Å². The molecule has 2 nitrogen and oxygen atoms in total. The zero-order valence-corrected chi connectivity index (χ0v) is 12.0. The Bertz CT molecular complexity index is 366. The topological polar surface area (TPSA) is 15.3 Å². The minimum Gasteiger partial charge on any atom is -0.371 e. The van der Waals surface area contributed by atoms with Crippen molar-refractivity contribution in [3.8, 4) is 0 Å². The summed E-state index contributed by atoms with van der Waals surface area (Å²) >= 11 is 0. The molecule has 1 aromatic carbocycles. The Labute approximate surface area is 110 Å². The monoisotopic (exact) mass is 252 g/mol. The first-order valence-corrected chi connectivity index (χ1v) is 6.80. The second kappa shape index (κ2) is 7.37. The third-order valence-corrected chi connectivity index (χ3v) is 3.40. The lowest BCUT2D eigenvalue weighted by Gasteiger charge is -2.28. The van der Waals surface area contributed by atoms with Gasteiger partial charge >= 0.3 is 0 Å². The fraction of sp³-hybridized carbons (Fsp3) is 0.600. The maximum atomic E-state index is 13.9. The first-order chi connectivity index (χ1) is 8.63. The second-order valence-electron chi connectivity index (χ2n) is 4.82. The molecular weight excluding hydrogens is 227 g/mol. The van der Waals surface area contributed by atoms with E-state index in [2.05, 4.69) is 31.0 Å². The number of rotatable bonds is 7. The van der Waals surface area contributed by atoms with Crippen LogP contribution in [0.1, 0.15) is 32.8 Å². The zero-order chi connectivity index (χ0) is 13.5. The number of benzene rings is 1. The highest BCUT2D eigenvalue weighted by atomic mass is 19.1. The molecule has 0 saturated carbocycles. The van der Waals surface area contributed by atoms with Crippen LogP contribution in [0.3, 0.4) is 0 Å². The Hall–Kier alpha value is -1.09. The van der Waals surface area contributed by atoms with Crippen molar-refractivity contribution in [3.63, 3.8) is 0 Å². The molecule has 0 radical (unpaired) electrons. The Morgan fingerprint density at radius 3 is 2.61 bits per heavy atom. The largest absolute Gasteiger partial charge is 0.371 e. The fourth-order valence-corrected chi connectivity index (χ4v) is 2.10. The quantitative estimate of drug-likeness (QED) is 0.800. The van der Waals surface area contributed by atoms with E-state index in [1.807, 2.05) is 13.1 Å². The van der Waals surface area contributed by atoms with E-state index in [4.69, 9.17) is 0 Å². The van der Waals surface area contributed by atoms with Gasteiger partial charge in [-0.25, -0.2) is 4.39 Å². The van der Waals surface area contributed by atoms with Crippen molar-refractivity contribution in [2.75, 3.05) is 25.0 Å². The van der Waals surface area contributed by atoms with Gasteiger partial charge in [-0.3, -0.25) is 0 Å². The van der Waals surface area contributed by atoms with Gasteiger partial charge in [0.1, 0.15) is 5.82 Å². The molecule has 1 N–H and O–H groups in total. The van der Waals surface area contributed by atoms with E-state index >= 15 is 0 Å². The minimum absolute atomic E-state index is 0.121. The van der Waals surface area contributed by atoms with Crippen molar-refractivity contribution in [1.82, 2.24) is 5.32 Å². The average molecular weight is 252 g/mol. The van der Waals surface area contributed by atoms with E-state index in [-0.39, 0.29) is 5.82 Å². The molecular formula is C15H25FN2. The summed E-state index contributed by atoms with van der Waals surface area (Å²) in [6.45, 7) is 9.01. The Morgan fingerprint density at radius 2 is 2.06 bits per heavy atom. The van der Waals surface area contributed by atoms with Crippen molar-refractivity contribution >= 4 is 5.69 Å². The summed E-state index contributed by atoms with van der Waals surface area (Å²) in [4.78, 5) is 2.27. The Kier molecular flexibility index (Phi) is 6.13. The molecule has 0 aliphatic rings. The van der Waals surface area contributed by atoms with E-state index < -0.39 is 0 Å². The number of hydrogen-bond acceptors (Lipinski definition) is 2. The van der Waals surface area contributed by atoms with Gasteiger partial charge in [0.2, 0.25) is 0 Å². The maximum Gasteiger partial charge on any atom is 0.129 e. The van der Waals surface area contributed by atoms with E-state index in [9.17, 15) is 4.39 Å². The standard InChI is InChI=1S/C15H25FN2/c1-5-12(3)11-18(6-2)15-9-7-8-14(16)13(15)10-17-4/h7-9,12,17H,5-6,10-11H2,1-4H3. The van der Waals surface area contributed by atoms with Gasteiger partial charge in [0.25, 0.3) is 0 Å². The summed E-state index contributed by atoms with van der Waals surface area (Å²) in [6.07, 6.45) is 1.15. The van der Waals surface area contributed by atoms with Crippen LogP contribution in [0.4, 0.5) is 10.1 Å². The predicted octanol–water partition coefficient (Wildman–Crippen LogP) is 3.42. The Morgan fingerprint density at radius 1 is 1.33 bits per heavy atom. The molecule has 0 aliphatic carbocycles. The molecule has 0 saturated heterocycles. The highest BCUT2D eigenvalue weighted by molar-refractivity contribution is 5.54. The highest BCUT2D eigenvalue weighted by Gasteiger charge is 2.14. The highest BCUT2D eigenvalue weighted by Crippen LogP contribution is 2.24. The Balaban J connectivity index is 3.00. The normalized spacial score (nSPS) is 12.5. The van der Waals surface area contributed by atoms with Crippen molar-refractivity contribution in [3.05, 3.63) is 29.6 Å². The second-order valence-corrected chi connectivity index (χ2v) is 4.82. The van der Waals surface area contributed by atoms with E-state index in [0.717, 1.165) is 30.8 Å². The molecule has 0 heterocycles. The molecule has 0 aromatic heterocycles. The van der Waals surface area contributed by atoms with Gasteiger partial charge in [0, 0.05) is 30.9 Å². The van der Waals surface area contributed by atoms with Crippen molar-refractivity contribution in [2.45, 2.75) is 33.7 Å². The lowest BCUT2D eigenvalue weighted by atomic mass is 10.1. The summed E-state index contributed by atoms with van der Waals surface area (Å²) in [7, 11) is 1.85. The summed E-state index contributed by atoms with van der Waals surface area (Å²) < 4.78 is 13.9. The van der Waals surface area contributed by atoms with Crippen LogP contribution >= 0.6 is 0 Å². The molecule has 0 amide bonds. The van der Waals surface area contributed by atoms with E-state index in [1.165, 1.54) is 6.07 Å². The van der Waals surface area contributed by atoms with Crippen molar-refractivity contribution < 1.29 is 4.39 Å². The summed E-state index contributed by atoms with van der Waals surface area (Å²) in [5.41, 5.74) is 1.79. The molecule has 0 aliphatic heterocycles. The molecule has 1 rings (SSSR count). The third-order valence-electron chi connectivity index (χ3n) is 3.40. The minimum atomic E-state index is -0.121. The van der Waals surface area contributed by atoms with Gasteiger partial charge in [-0.05, 0) is 32.0 Å². The molecule has 0 bridgehead atoms. The van der Waals surface area contributed by atoms with Gasteiger partial charge in [0.05, 0.1) is 0 Å². The van der Waals surface area contributed by atoms with Gasteiger partial charge < -0.3 is 10.2 Å². The zero-order valence-electron chi connectivity index (χ0n) is 12.0. The molecule has 0 spiro atoms. The molecule has 0 fully saturated rings. The number of hydrogen-bond donors (Lipinski definition) is 1. The van der Waals surface area contributed by atoms with Crippen LogP contribution in [0.15, 0.2) is 18.2 Å². The van der Waals surface area contributed by atoms with Crippen LogP contribution in [0.2, 0.25) is 0 Å². The van der Waals surface area contributed by atoms with E-state index in [0.29, 0.717) is 12.5 Å². The van der Waals surface area contributed by atoms with Crippen LogP contribution in [-0.4, -0.2) is 20.1 Å². The predicted molar refractivity (Wildman–Crippen MR) is 76.5 cm³/mol. The summed E-state index contributed by atoms with van der Waals surface area (Å²) in [6, 6.07) is 5.35. The molecule has 1 atom stereocenters. The number of nitrogens with one attached hydrogen (secondary N) is 1. The summed E-state index contributed by atoms with van der Waals surface area (Å²) in [5.74, 6) is 0.500. The van der Waals surface area contributed by atoms with Crippen LogP contribution in [0.25, 0.3) is 0 Å². The van der Waals surface area contributed by atoms with Crippen LogP contribution < -0.4 is 10.2 Å². The summed E-state index contributed by atoms with van der Waals surface area (Å²) in [5, 5.41) is 3.04. The molecule has 3 heteroatoms. The van der Waals surface area contributed by atoms with Gasteiger partial charge in [-0.15, -0.1) is 0 Å². The first-order valence-electron chi connectivity index (χ1n) is 6.80. The molecule has 18 heavy (non-hydrogen) atoms. The van der Waals surface area contributed by atoms with Crippen molar-refractivity contribution in [1.29, 1.82) is 0 Å². The third kappa shape index (κ3) is 3.70. The number of anilines is 1. The van der Waals surface area contributed by atoms with Gasteiger partial charge in [0.15, 0.2) is 0 Å². The molecule has 1 unspecified atom stereocenters. The number of nitrogens with zero attached hydrogens (tertiary/aromatic N) is 1. The number of halogens is 1. The fourth-order valence-electron chi connectivity index (χ4n) is 2.10. The van der Waals surface area contributed by atoms with Crippen molar-refractivity contribution in [2.24, 2.45) is 5.92 Å². The van der Waals surface area contributed by atoms with Gasteiger partial charge in [-0.1, -0.05) is 26.3 Å². The average Bonchev–Trinajstić information content (AvgIpc) is 2.38. The molecule has 102 valence electrons. The SMILES string of the molecule is CCC(C)CN(CC)c1cccc(F)c1CNC. The smallest absolute Gasteiger partial charge is 0.129 e. The van der Waals surface area contributed by atoms with E-state index in [1.54, 1.807) is 6.07 Å².